The Labute approximate surface area is 81.4 Å². The van der Waals surface area contributed by atoms with Gasteiger partial charge in [-0.05, 0) is 25.7 Å². The van der Waals surface area contributed by atoms with Crippen LogP contribution < -0.4 is 5.32 Å². The second-order valence-corrected chi connectivity index (χ2v) is 3.66. The van der Waals surface area contributed by atoms with Crippen LogP contribution in [0.3, 0.4) is 0 Å². The summed E-state index contributed by atoms with van der Waals surface area (Å²) in [5, 5.41) is 2.90. The van der Waals surface area contributed by atoms with Crippen molar-refractivity contribution in [1.82, 2.24) is 5.32 Å². The molecule has 0 saturated carbocycles. The zero-order chi connectivity index (χ0) is 10.1. The third-order valence-corrected chi connectivity index (χ3v) is 1.72. The molecule has 2 heteroatoms. The number of amides is 1. The topological polar surface area (TPSA) is 29.1 Å². The Kier molecular flexibility index (Phi) is 7.36. The number of hydrogen-bond acceptors (Lipinski definition) is 1. The van der Waals surface area contributed by atoms with E-state index in [4.69, 9.17) is 0 Å². The maximum Gasteiger partial charge on any atom is 0.220 e. The molecule has 76 valence electrons. The molecule has 0 bridgehead atoms. The molecular weight excluding hydrogens is 162 g/mol. The van der Waals surface area contributed by atoms with Gasteiger partial charge in [0, 0.05) is 13.0 Å². The van der Waals surface area contributed by atoms with Gasteiger partial charge in [-0.2, -0.15) is 0 Å². The average Bonchev–Trinajstić information content (AvgIpc) is 2.09. The van der Waals surface area contributed by atoms with Crippen molar-refractivity contribution < 1.29 is 4.79 Å². The van der Waals surface area contributed by atoms with E-state index in [1.807, 2.05) is 13.0 Å². The molecule has 1 amide bonds. The first-order chi connectivity index (χ1) is 6.16. The van der Waals surface area contributed by atoms with Crippen LogP contribution in [0.4, 0.5) is 0 Å². The van der Waals surface area contributed by atoms with Gasteiger partial charge in [-0.25, -0.2) is 0 Å². The van der Waals surface area contributed by atoms with Crippen LogP contribution in [0.25, 0.3) is 0 Å². The summed E-state index contributed by atoms with van der Waals surface area (Å²) in [7, 11) is 0. The smallest absolute Gasteiger partial charge is 0.220 e. The zero-order valence-corrected chi connectivity index (χ0v) is 8.97. The zero-order valence-electron chi connectivity index (χ0n) is 8.97. The summed E-state index contributed by atoms with van der Waals surface area (Å²) in [5.74, 6) is 0.720. The van der Waals surface area contributed by atoms with E-state index in [1.165, 1.54) is 0 Å². The van der Waals surface area contributed by atoms with Crippen LogP contribution in [0.5, 0.6) is 0 Å². The van der Waals surface area contributed by atoms with Gasteiger partial charge in [0.25, 0.3) is 0 Å². The predicted molar refractivity (Wildman–Crippen MR) is 56.5 cm³/mol. The van der Waals surface area contributed by atoms with Crippen molar-refractivity contribution in [3.63, 3.8) is 0 Å². The summed E-state index contributed by atoms with van der Waals surface area (Å²) in [4.78, 5) is 11.2. The van der Waals surface area contributed by atoms with Crippen molar-refractivity contribution in [2.75, 3.05) is 6.54 Å². The number of nitrogens with one attached hydrogen (secondary N) is 1. The highest BCUT2D eigenvalue weighted by Gasteiger charge is 2.00. The normalized spacial score (nSPS) is 11.1. The van der Waals surface area contributed by atoms with Crippen molar-refractivity contribution in [1.29, 1.82) is 0 Å². The number of unbranched alkanes of at least 4 members (excludes halogenated alkanes) is 1. The number of carbonyl (C=O) groups is 1. The number of allylic oxidation sites excluding steroid dienone is 2. The molecule has 1 N–H and O–H groups in total. The van der Waals surface area contributed by atoms with Crippen LogP contribution in [0, 0.1) is 5.92 Å². The fourth-order valence-electron chi connectivity index (χ4n) is 0.953. The summed E-state index contributed by atoms with van der Waals surface area (Å²) >= 11 is 0. The summed E-state index contributed by atoms with van der Waals surface area (Å²) < 4.78 is 0. The lowest BCUT2D eigenvalue weighted by Gasteiger charge is -2.06. The van der Waals surface area contributed by atoms with Gasteiger partial charge in [0.1, 0.15) is 0 Å². The molecule has 0 saturated heterocycles. The highest BCUT2D eigenvalue weighted by molar-refractivity contribution is 5.75. The molecule has 13 heavy (non-hydrogen) atoms. The summed E-state index contributed by atoms with van der Waals surface area (Å²) in [5.41, 5.74) is 0. The molecule has 0 aliphatic carbocycles. The molecule has 0 aromatic heterocycles. The molecular formula is C11H21NO. The van der Waals surface area contributed by atoms with Crippen molar-refractivity contribution in [3.8, 4) is 0 Å². The van der Waals surface area contributed by atoms with E-state index in [1.54, 1.807) is 0 Å². The lowest BCUT2D eigenvalue weighted by atomic mass is 10.2. The first-order valence-corrected chi connectivity index (χ1v) is 5.04. The third kappa shape index (κ3) is 9.12. The van der Waals surface area contributed by atoms with Crippen LogP contribution in [-0.4, -0.2) is 12.5 Å². The van der Waals surface area contributed by atoms with E-state index < -0.39 is 0 Å². The Morgan fingerprint density at radius 2 is 2.15 bits per heavy atom. The van der Waals surface area contributed by atoms with Crippen molar-refractivity contribution >= 4 is 5.91 Å². The number of hydrogen-bond donors (Lipinski definition) is 1. The highest BCUT2D eigenvalue weighted by atomic mass is 16.1. The molecule has 0 spiro atoms. The number of carbonyl (C=O) groups excluding carboxylic acids is 1. The summed E-state index contributed by atoms with van der Waals surface area (Å²) in [6.07, 6.45) is 6.72. The fourth-order valence-corrected chi connectivity index (χ4v) is 0.953. The molecule has 2 nitrogen and oxygen atoms in total. The first-order valence-electron chi connectivity index (χ1n) is 5.04. The molecule has 0 aromatic carbocycles. The van der Waals surface area contributed by atoms with Crippen LogP contribution in [0.2, 0.25) is 0 Å². The van der Waals surface area contributed by atoms with Crippen molar-refractivity contribution in [2.45, 2.75) is 40.0 Å². The molecule has 0 unspecified atom stereocenters. The third-order valence-electron chi connectivity index (χ3n) is 1.72. The van der Waals surface area contributed by atoms with Crippen LogP contribution >= 0.6 is 0 Å². The SMILES string of the molecule is C/C=C/CCCC(=O)NCC(C)C. The van der Waals surface area contributed by atoms with E-state index >= 15 is 0 Å². The molecule has 0 heterocycles. The van der Waals surface area contributed by atoms with Crippen LogP contribution in [0.1, 0.15) is 40.0 Å². The second kappa shape index (κ2) is 7.84. The van der Waals surface area contributed by atoms with Gasteiger partial charge in [0.05, 0.1) is 0 Å². The second-order valence-electron chi connectivity index (χ2n) is 3.66. The van der Waals surface area contributed by atoms with Gasteiger partial charge in [0.15, 0.2) is 0 Å². The summed E-state index contributed by atoms with van der Waals surface area (Å²) in [6.45, 7) is 6.99. The van der Waals surface area contributed by atoms with Crippen molar-refractivity contribution in [2.24, 2.45) is 5.92 Å². The largest absolute Gasteiger partial charge is 0.356 e. The average molecular weight is 183 g/mol. The highest BCUT2D eigenvalue weighted by Crippen LogP contribution is 1.97. The predicted octanol–water partition coefficient (Wildman–Crippen LogP) is 2.51. The van der Waals surface area contributed by atoms with E-state index in [9.17, 15) is 4.79 Å². The molecule has 0 aliphatic heterocycles. The number of rotatable bonds is 6. The quantitative estimate of drug-likeness (QED) is 0.497. The Balaban J connectivity index is 3.30. The van der Waals surface area contributed by atoms with Gasteiger partial charge in [-0.3, -0.25) is 4.79 Å². The van der Waals surface area contributed by atoms with Gasteiger partial charge < -0.3 is 5.32 Å². The Hall–Kier alpha value is -0.790. The first kappa shape index (κ1) is 12.2. The molecule has 0 aromatic rings. The lowest BCUT2D eigenvalue weighted by Crippen LogP contribution is -2.26. The van der Waals surface area contributed by atoms with E-state index in [2.05, 4.69) is 25.2 Å². The molecule has 0 rings (SSSR count). The van der Waals surface area contributed by atoms with Crippen molar-refractivity contribution in [3.05, 3.63) is 12.2 Å². The Morgan fingerprint density at radius 3 is 2.69 bits per heavy atom. The molecule has 0 aliphatic rings. The minimum Gasteiger partial charge on any atom is -0.356 e. The summed E-state index contributed by atoms with van der Waals surface area (Å²) in [6, 6.07) is 0. The van der Waals surface area contributed by atoms with E-state index in [0.29, 0.717) is 12.3 Å². The van der Waals surface area contributed by atoms with Gasteiger partial charge in [-0.15, -0.1) is 0 Å². The van der Waals surface area contributed by atoms with Gasteiger partial charge in [0.2, 0.25) is 5.91 Å². The Morgan fingerprint density at radius 1 is 1.46 bits per heavy atom. The van der Waals surface area contributed by atoms with Crippen LogP contribution in [0.15, 0.2) is 12.2 Å². The maximum absolute atomic E-state index is 11.2. The van der Waals surface area contributed by atoms with E-state index in [-0.39, 0.29) is 5.91 Å². The van der Waals surface area contributed by atoms with Gasteiger partial charge in [-0.1, -0.05) is 26.0 Å². The maximum atomic E-state index is 11.2. The van der Waals surface area contributed by atoms with E-state index in [0.717, 1.165) is 19.4 Å². The van der Waals surface area contributed by atoms with Gasteiger partial charge >= 0.3 is 0 Å². The molecule has 0 fully saturated rings. The van der Waals surface area contributed by atoms with Crippen LogP contribution in [-0.2, 0) is 4.79 Å². The standard InChI is InChI=1S/C11H21NO/c1-4-5-6-7-8-11(13)12-9-10(2)3/h4-5,10H,6-9H2,1-3H3,(H,12,13)/b5-4+. The lowest BCUT2D eigenvalue weighted by molar-refractivity contribution is -0.121. The Bertz CT molecular complexity index is 161. The molecule has 0 atom stereocenters. The monoisotopic (exact) mass is 183 g/mol. The minimum atomic E-state index is 0.179. The fraction of sp³-hybridized carbons (Fsp3) is 0.727. The minimum absolute atomic E-state index is 0.179. The molecule has 0 radical (unpaired) electrons.